The zero-order chi connectivity index (χ0) is 25.6. The number of aliphatic hydroxyl groups is 1. The summed E-state index contributed by atoms with van der Waals surface area (Å²) >= 11 is 0. The van der Waals surface area contributed by atoms with Crippen LogP contribution in [0, 0.1) is 11.8 Å². The van der Waals surface area contributed by atoms with Crippen LogP contribution in [0.15, 0.2) is 84.0 Å². The first kappa shape index (κ1) is 28.4. The Morgan fingerprint density at radius 3 is 2.51 bits per heavy atom. The van der Waals surface area contributed by atoms with Gasteiger partial charge in [-0.15, -0.1) is 0 Å². The Bertz CT molecular complexity index is 936. The van der Waals surface area contributed by atoms with Crippen molar-refractivity contribution in [3.63, 3.8) is 0 Å². The van der Waals surface area contributed by atoms with Crippen molar-refractivity contribution in [1.82, 2.24) is 4.90 Å². The van der Waals surface area contributed by atoms with Crippen molar-refractivity contribution >= 4 is 5.91 Å². The summed E-state index contributed by atoms with van der Waals surface area (Å²) in [6, 6.07) is 7.87. The summed E-state index contributed by atoms with van der Waals surface area (Å²) in [6.45, 7) is 9.72. The van der Waals surface area contributed by atoms with E-state index in [4.69, 9.17) is 4.74 Å². The summed E-state index contributed by atoms with van der Waals surface area (Å²) in [6.07, 6.45) is 19.0. The monoisotopic (exact) mass is 477 g/mol. The summed E-state index contributed by atoms with van der Waals surface area (Å²) in [5.41, 5.74) is 3.65. The zero-order valence-electron chi connectivity index (χ0n) is 22.1. The number of carbonyl (C=O) groups excluding carboxylic acids is 1. The van der Waals surface area contributed by atoms with Crippen LogP contribution in [0.25, 0.3) is 0 Å². The van der Waals surface area contributed by atoms with Gasteiger partial charge >= 0.3 is 0 Å². The number of hydrogen-bond donors (Lipinski definition) is 1. The number of benzene rings is 1. The van der Waals surface area contributed by atoms with Crippen molar-refractivity contribution in [2.45, 2.75) is 66.0 Å². The molecule has 0 unspecified atom stereocenters. The predicted octanol–water partition coefficient (Wildman–Crippen LogP) is 6.79. The number of aliphatic hydroxyl groups excluding tert-OH is 1. The molecule has 1 aliphatic rings. The molecule has 35 heavy (non-hydrogen) atoms. The van der Waals surface area contributed by atoms with Crippen LogP contribution >= 0.6 is 0 Å². The molecule has 0 radical (unpaired) electrons. The summed E-state index contributed by atoms with van der Waals surface area (Å²) in [7, 11) is 1.65. The van der Waals surface area contributed by atoms with Gasteiger partial charge in [-0.1, -0.05) is 79.7 Å². The molecule has 0 saturated heterocycles. The van der Waals surface area contributed by atoms with Crippen LogP contribution in [0.4, 0.5) is 0 Å². The maximum atomic E-state index is 13.1. The van der Waals surface area contributed by atoms with E-state index in [2.05, 4.69) is 45.1 Å². The molecule has 190 valence electrons. The van der Waals surface area contributed by atoms with Crippen LogP contribution in [0.2, 0.25) is 0 Å². The number of methoxy groups -OCH3 is 1. The van der Waals surface area contributed by atoms with Gasteiger partial charge in [-0.05, 0) is 63.1 Å². The second-order valence-corrected chi connectivity index (χ2v) is 9.82. The molecule has 3 atom stereocenters. The highest BCUT2D eigenvalue weighted by Crippen LogP contribution is 2.18. The van der Waals surface area contributed by atoms with Crippen molar-refractivity contribution in [2.24, 2.45) is 11.8 Å². The van der Waals surface area contributed by atoms with E-state index in [-0.39, 0.29) is 11.8 Å². The fourth-order valence-corrected chi connectivity index (χ4v) is 4.08. The SMILES string of the molecule is COc1ccc(CN2C[C@@H](C)CC/C=C/C=C(\C)C/C(C)=C/C[C@H](O)[C@@H](C)/C=C/C=C/C2=O)cc1. The molecule has 1 aromatic rings. The standard InChI is InChI=1S/C31H43NO3/c1-24-11-7-6-8-12-26(3)22-32(23-28-16-18-29(35-5)19-17-28)31(34)14-10-9-13-27(4)30(33)20-15-25(2)21-24/h6-7,9-11,13-19,26-27,30,33H,8,12,20-23H2,1-5H3/b7-6+,13-9+,14-10+,24-11+,25-15+/t26-,27-,30-/m0/s1. The van der Waals surface area contributed by atoms with Crippen molar-refractivity contribution < 1.29 is 14.6 Å². The number of ether oxygens (including phenoxy) is 1. The van der Waals surface area contributed by atoms with E-state index in [9.17, 15) is 9.90 Å². The summed E-state index contributed by atoms with van der Waals surface area (Å²) < 4.78 is 5.26. The fourth-order valence-electron chi connectivity index (χ4n) is 4.08. The Labute approximate surface area is 212 Å². The van der Waals surface area contributed by atoms with Gasteiger partial charge in [0.05, 0.1) is 13.2 Å². The van der Waals surface area contributed by atoms with E-state index < -0.39 is 6.10 Å². The van der Waals surface area contributed by atoms with Crippen LogP contribution < -0.4 is 4.74 Å². The maximum Gasteiger partial charge on any atom is 0.246 e. The van der Waals surface area contributed by atoms with Crippen LogP contribution in [-0.2, 0) is 11.3 Å². The van der Waals surface area contributed by atoms with E-state index in [0.29, 0.717) is 25.4 Å². The molecular weight excluding hydrogens is 434 g/mol. The molecule has 2 rings (SSSR count). The molecule has 0 bridgehead atoms. The Kier molecular flexibility index (Phi) is 12.3. The van der Waals surface area contributed by atoms with Crippen LogP contribution in [0.5, 0.6) is 5.75 Å². The van der Waals surface area contributed by atoms with Gasteiger partial charge in [0, 0.05) is 25.1 Å². The lowest BCUT2D eigenvalue weighted by Gasteiger charge is -2.25. The quantitative estimate of drug-likeness (QED) is 0.488. The summed E-state index contributed by atoms with van der Waals surface area (Å²) in [4.78, 5) is 15.0. The number of allylic oxidation sites excluding steroid dienone is 7. The topological polar surface area (TPSA) is 49.8 Å². The first-order valence-electron chi connectivity index (χ1n) is 12.7. The lowest BCUT2D eigenvalue weighted by Crippen LogP contribution is -2.33. The molecule has 1 aromatic carbocycles. The number of carbonyl (C=O) groups is 1. The molecule has 1 N–H and O–H groups in total. The number of nitrogens with zero attached hydrogens (tertiary/aromatic N) is 1. The molecule has 0 saturated carbocycles. The van der Waals surface area contributed by atoms with Crippen molar-refractivity contribution in [3.8, 4) is 5.75 Å². The first-order valence-corrected chi connectivity index (χ1v) is 12.7. The minimum Gasteiger partial charge on any atom is -0.497 e. The Balaban J connectivity index is 2.20. The molecular formula is C31H43NO3. The van der Waals surface area contributed by atoms with E-state index in [1.54, 1.807) is 19.3 Å². The minimum atomic E-state index is -0.451. The molecule has 0 aromatic heterocycles. The second-order valence-electron chi connectivity index (χ2n) is 9.82. The minimum absolute atomic E-state index is 0.000560. The maximum absolute atomic E-state index is 13.1. The van der Waals surface area contributed by atoms with E-state index >= 15 is 0 Å². The lowest BCUT2D eigenvalue weighted by atomic mass is 9.98. The normalized spacial score (nSPS) is 29.3. The third-order valence-corrected chi connectivity index (χ3v) is 6.36. The van der Waals surface area contributed by atoms with Crippen molar-refractivity contribution in [2.75, 3.05) is 13.7 Å². The van der Waals surface area contributed by atoms with Crippen LogP contribution in [0.1, 0.15) is 58.9 Å². The summed E-state index contributed by atoms with van der Waals surface area (Å²) in [5, 5.41) is 10.5. The van der Waals surface area contributed by atoms with Crippen LogP contribution in [0.3, 0.4) is 0 Å². The number of rotatable bonds is 3. The van der Waals surface area contributed by atoms with E-state index in [0.717, 1.165) is 30.6 Å². The van der Waals surface area contributed by atoms with Gasteiger partial charge in [-0.3, -0.25) is 4.79 Å². The highest BCUT2D eigenvalue weighted by atomic mass is 16.5. The Morgan fingerprint density at radius 1 is 1.06 bits per heavy atom. The number of amides is 1. The molecule has 0 spiro atoms. The highest BCUT2D eigenvalue weighted by molar-refractivity contribution is 5.87. The molecule has 1 amide bonds. The van der Waals surface area contributed by atoms with Gasteiger partial charge in [0.2, 0.25) is 5.91 Å². The highest BCUT2D eigenvalue weighted by Gasteiger charge is 2.15. The predicted molar refractivity (Wildman–Crippen MR) is 146 cm³/mol. The zero-order valence-corrected chi connectivity index (χ0v) is 22.1. The number of hydrogen-bond acceptors (Lipinski definition) is 3. The van der Waals surface area contributed by atoms with Gasteiger partial charge in [0.25, 0.3) is 0 Å². The smallest absolute Gasteiger partial charge is 0.246 e. The summed E-state index contributed by atoms with van der Waals surface area (Å²) in [5.74, 6) is 1.18. The molecule has 1 heterocycles. The van der Waals surface area contributed by atoms with Crippen molar-refractivity contribution in [3.05, 3.63) is 89.6 Å². The fraction of sp³-hybridized carbons (Fsp3) is 0.452. The first-order chi connectivity index (χ1) is 16.8. The van der Waals surface area contributed by atoms with Gasteiger partial charge < -0.3 is 14.7 Å². The van der Waals surface area contributed by atoms with Gasteiger partial charge in [0.1, 0.15) is 5.75 Å². The van der Waals surface area contributed by atoms with E-state index in [1.165, 1.54) is 11.1 Å². The van der Waals surface area contributed by atoms with Gasteiger partial charge in [-0.2, -0.15) is 0 Å². The Hall–Kier alpha value is -2.85. The molecule has 0 aliphatic carbocycles. The third kappa shape index (κ3) is 11.0. The van der Waals surface area contributed by atoms with Crippen LogP contribution in [-0.4, -0.2) is 35.7 Å². The van der Waals surface area contributed by atoms with Crippen molar-refractivity contribution in [1.29, 1.82) is 0 Å². The van der Waals surface area contributed by atoms with Gasteiger partial charge in [-0.25, -0.2) is 0 Å². The lowest BCUT2D eigenvalue weighted by molar-refractivity contribution is -0.127. The second kappa shape index (κ2) is 15.2. The van der Waals surface area contributed by atoms with Gasteiger partial charge in [0.15, 0.2) is 0 Å². The molecule has 1 aliphatic heterocycles. The Morgan fingerprint density at radius 2 is 1.80 bits per heavy atom. The molecule has 4 nitrogen and oxygen atoms in total. The van der Waals surface area contributed by atoms with E-state index in [1.807, 2.05) is 48.2 Å². The third-order valence-electron chi connectivity index (χ3n) is 6.36. The average molecular weight is 478 g/mol. The average Bonchev–Trinajstić information content (AvgIpc) is 2.84. The molecule has 4 heteroatoms. The largest absolute Gasteiger partial charge is 0.497 e. The molecule has 0 fully saturated rings.